The van der Waals surface area contributed by atoms with E-state index in [1.165, 1.54) is 0 Å². The van der Waals surface area contributed by atoms with Crippen molar-refractivity contribution in [3.8, 4) is 0 Å². The van der Waals surface area contributed by atoms with Gasteiger partial charge in [-0.15, -0.1) is 0 Å². The first-order valence-corrected chi connectivity index (χ1v) is 6.31. The number of nitrogens with one attached hydrogen (secondary N) is 1. The average Bonchev–Trinajstić information content (AvgIpc) is 2.32. The predicted molar refractivity (Wildman–Crippen MR) is 73.8 cm³/mol. The number of nitrogens with zero attached hydrogens (tertiary/aromatic N) is 2. The second-order valence-electron chi connectivity index (χ2n) is 4.06. The summed E-state index contributed by atoms with van der Waals surface area (Å²) in [7, 11) is 0. The lowest BCUT2D eigenvalue weighted by molar-refractivity contribution is -0.123. The van der Waals surface area contributed by atoms with E-state index < -0.39 is 5.92 Å². The van der Waals surface area contributed by atoms with Gasteiger partial charge in [0.1, 0.15) is 5.82 Å². The summed E-state index contributed by atoms with van der Waals surface area (Å²) in [6, 6.07) is 1.77. The summed E-state index contributed by atoms with van der Waals surface area (Å²) in [5, 5.41) is 2.80. The van der Waals surface area contributed by atoms with Crippen molar-refractivity contribution in [2.45, 2.75) is 33.2 Å². The molecule has 0 aliphatic heterocycles. The minimum absolute atomic E-state index is 0.138. The quantitative estimate of drug-likeness (QED) is 0.754. The molecule has 0 bridgehead atoms. The minimum atomic E-state index is -0.395. The highest BCUT2D eigenvalue weighted by atomic mass is 32.1. The highest BCUT2D eigenvalue weighted by Crippen LogP contribution is 2.07. The maximum absolute atomic E-state index is 11.9. The van der Waals surface area contributed by atoms with Gasteiger partial charge in [0, 0.05) is 6.20 Å². The largest absolute Gasteiger partial charge is 0.393 e. The Morgan fingerprint density at radius 3 is 2.89 bits per heavy atom. The van der Waals surface area contributed by atoms with E-state index in [0.29, 0.717) is 18.8 Å². The zero-order chi connectivity index (χ0) is 13.5. The molecule has 1 rings (SSSR count). The van der Waals surface area contributed by atoms with E-state index in [1.807, 2.05) is 6.92 Å². The Kier molecular flexibility index (Phi) is 5.64. The van der Waals surface area contributed by atoms with Gasteiger partial charge in [0.05, 0.1) is 23.1 Å². The highest BCUT2D eigenvalue weighted by molar-refractivity contribution is 7.80. The van der Waals surface area contributed by atoms with Gasteiger partial charge in [-0.05, 0) is 19.4 Å². The zero-order valence-corrected chi connectivity index (χ0v) is 11.5. The third-order valence-electron chi connectivity index (χ3n) is 2.51. The first-order chi connectivity index (χ1) is 8.54. The lowest BCUT2D eigenvalue weighted by Gasteiger charge is -2.14. The fourth-order valence-corrected chi connectivity index (χ4v) is 1.82. The van der Waals surface area contributed by atoms with Crippen LogP contribution in [0.3, 0.4) is 0 Å². The molecule has 0 saturated heterocycles. The molecule has 0 saturated carbocycles. The molecule has 1 aromatic heterocycles. The van der Waals surface area contributed by atoms with Crippen LogP contribution in [0, 0.1) is 12.8 Å². The summed E-state index contributed by atoms with van der Waals surface area (Å²) in [6.07, 6.45) is 3.20. The Morgan fingerprint density at radius 1 is 1.61 bits per heavy atom. The molecular weight excluding hydrogens is 248 g/mol. The third-order valence-corrected chi connectivity index (χ3v) is 2.80. The van der Waals surface area contributed by atoms with E-state index in [2.05, 4.69) is 15.3 Å². The number of rotatable bonds is 6. The van der Waals surface area contributed by atoms with Gasteiger partial charge in [-0.1, -0.05) is 25.6 Å². The Hall–Kier alpha value is -1.56. The summed E-state index contributed by atoms with van der Waals surface area (Å²) in [5.41, 5.74) is 6.33. The van der Waals surface area contributed by atoms with Gasteiger partial charge in [0.25, 0.3) is 0 Å². The number of amides is 1. The smallest absolute Gasteiger partial charge is 0.230 e. The average molecular weight is 266 g/mol. The highest BCUT2D eigenvalue weighted by Gasteiger charge is 2.19. The molecule has 1 unspecified atom stereocenters. The number of thiocarbonyl (C=S) groups is 1. The lowest BCUT2D eigenvalue weighted by Crippen LogP contribution is -2.37. The van der Waals surface area contributed by atoms with Crippen LogP contribution in [-0.4, -0.2) is 20.9 Å². The molecule has 0 radical (unpaired) electrons. The van der Waals surface area contributed by atoms with E-state index in [9.17, 15) is 4.79 Å². The maximum Gasteiger partial charge on any atom is 0.230 e. The molecule has 1 atom stereocenters. The number of carbonyl (C=O) groups excluding carboxylic acids is 1. The maximum atomic E-state index is 11.9. The van der Waals surface area contributed by atoms with Gasteiger partial charge in [-0.2, -0.15) is 0 Å². The molecular formula is C12H18N4OS. The molecule has 0 aliphatic rings. The number of nitrogens with two attached hydrogens (primary N) is 1. The minimum Gasteiger partial charge on any atom is -0.393 e. The summed E-state index contributed by atoms with van der Waals surface area (Å²) < 4.78 is 0. The first kappa shape index (κ1) is 14.5. The Balaban J connectivity index is 2.56. The van der Waals surface area contributed by atoms with E-state index in [4.69, 9.17) is 18.0 Å². The fraction of sp³-hybridized carbons (Fsp3) is 0.500. The van der Waals surface area contributed by atoms with Crippen molar-refractivity contribution in [1.82, 2.24) is 15.3 Å². The van der Waals surface area contributed by atoms with Crippen LogP contribution in [0.15, 0.2) is 12.3 Å². The molecule has 1 heterocycles. The molecule has 18 heavy (non-hydrogen) atoms. The SMILES string of the molecule is CCCC(C(=O)NCc1ccnc(C)n1)C(N)=S. The van der Waals surface area contributed by atoms with Crippen LogP contribution in [0.2, 0.25) is 0 Å². The van der Waals surface area contributed by atoms with Crippen LogP contribution in [0.5, 0.6) is 0 Å². The third kappa shape index (κ3) is 4.37. The van der Waals surface area contributed by atoms with Gasteiger partial charge in [0.15, 0.2) is 0 Å². The van der Waals surface area contributed by atoms with Crippen molar-refractivity contribution in [3.63, 3.8) is 0 Å². The predicted octanol–water partition coefficient (Wildman–Crippen LogP) is 1.10. The molecule has 0 spiro atoms. The van der Waals surface area contributed by atoms with Crippen molar-refractivity contribution in [2.24, 2.45) is 11.7 Å². The standard InChI is InChI=1S/C12H18N4OS/c1-3-4-10(11(13)18)12(17)15-7-9-5-6-14-8(2)16-9/h5-6,10H,3-4,7H2,1-2H3,(H2,13,18)(H,15,17). The number of aryl methyl sites for hydroxylation is 1. The van der Waals surface area contributed by atoms with Crippen molar-refractivity contribution < 1.29 is 4.79 Å². The topological polar surface area (TPSA) is 80.9 Å². The van der Waals surface area contributed by atoms with E-state index in [-0.39, 0.29) is 10.9 Å². The zero-order valence-electron chi connectivity index (χ0n) is 10.6. The van der Waals surface area contributed by atoms with Gasteiger partial charge in [0.2, 0.25) is 5.91 Å². The summed E-state index contributed by atoms with van der Waals surface area (Å²) in [6.45, 7) is 4.16. The molecule has 1 amide bonds. The normalized spacial score (nSPS) is 11.9. The molecule has 5 nitrogen and oxygen atoms in total. The van der Waals surface area contributed by atoms with E-state index >= 15 is 0 Å². The number of hydrogen-bond donors (Lipinski definition) is 2. The van der Waals surface area contributed by atoms with E-state index in [1.54, 1.807) is 19.2 Å². The van der Waals surface area contributed by atoms with Crippen LogP contribution >= 0.6 is 12.2 Å². The van der Waals surface area contributed by atoms with Gasteiger partial charge in [-0.25, -0.2) is 9.97 Å². The van der Waals surface area contributed by atoms with Crippen LogP contribution in [0.1, 0.15) is 31.3 Å². The Morgan fingerprint density at radius 2 is 2.33 bits per heavy atom. The molecule has 1 aromatic rings. The second kappa shape index (κ2) is 7.00. The van der Waals surface area contributed by atoms with Crippen molar-refractivity contribution >= 4 is 23.1 Å². The number of aromatic nitrogens is 2. The van der Waals surface area contributed by atoms with Crippen LogP contribution in [-0.2, 0) is 11.3 Å². The molecule has 98 valence electrons. The van der Waals surface area contributed by atoms with Crippen LogP contribution in [0.4, 0.5) is 0 Å². The van der Waals surface area contributed by atoms with Gasteiger partial charge < -0.3 is 11.1 Å². The monoisotopic (exact) mass is 266 g/mol. The van der Waals surface area contributed by atoms with Gasteiger partial charge >= 0.3 is 0 Å². The van der Waals surface area contributed by atoms with E-state index in [0.717, 1.165) is 12.1 Å². The van der Waals surface area contributed by atoms with Crippen molar-refractivity contribution in [3.05, 3.63) is 23.8 Å². The summed E-state index contributed by atoms with van der Waals surface area (Å²) >= 11 is 4.90. The molecule has 0 aromatic carbocycles. The number of carbonyl (C=O) groups is 1. The first-order valence-electron chi connectivity index (χ1n) is 5.90. The summed E-state index contributed by atoms with van der Waals surface area (Å²) in [4.78, 5) is 20.4. The van der Waals surface area contributed by atoms with Crippen molar-refractivity contribution in [1.29, 1.82) is 0 Å². The Labute approximate surface area is 112 Å². The van der Waals surface area contributed by atoms with Crippen LogP contribution in [0.25, 0.3) is 0 Å². The molecule has 3 N–H and O–H groups in total. The Bertz CT molecular complexity index is 436. The lowest BCUT2D eigenvalue weighted by atomic mass is 10.0. The van der Waals surface area contributed by atoms with Crippen LogP contribution < -0.4 is 11.1 Å². The number of hydrogen-bond acceptors (Lipinski definition) is 4. The van der Waals surface area contributed by atoms with Gasteiger partial charge in [-0.3, -0.25) is 4.79 Å². The molecule has 0 aliphatic carbocycles. The summed E-state index contributed by atoms with van der Waals surface area (Å²) in [5.74, 6) is 0.148. The molecule has 0 fully saturated rings. The fourth-order valence-electron chi connectivity index (χ4n) is 1.60. The second-order valence-corrected chi connectivity index (χ2v) is 4.53. The van der Waals surface area contributed by atoms with Crippen molar-refractivity contribution in [2.75, 3.05) is 0 Å². The molecule has 6 heteroatoms.